The Morgan fingerprint density at radius 2 is 1.81 bits per heavy atom. The average molecular weight is 456 g/mol. The van der Waals surface area contributed by atoms with Crippen molar-refractivity contribution in [3.63, 3.8) is 0 Å². The molecule has 0 fully saturated rings. The molecule has 0 unspecified atom stereocenters. The van der Waals surface area contributed by atoms with Crippen molar-refractivity contribution >= 4 is 21.6 Å². The molecule has 0 spiro atoms. The van der Waals surface area contributed by atoms with Gasteiger partial charge in [0.2, 0.25) is 15.8 Å². The summed E-state index contributed by atoms with van der Waals surface area (Å²) in [6, 6.07) is 15.9. The van der Waals surface area contributed by atoms with Crippen LogP contribution >= 0.6 is 11.6 Å². The van der Waals surface area contributed by atoms with Crippen LogP contribution in [0.2, 0.25) is 5.02 Å². The lowest BCUT2D eigenvalue weighted by atomic mass is 10.1. The largest absolute Gasteiger partial charge is 0.332 e. The molecule has 0 aliphatic carbocycles. The van der Waals surface area contributed by atoms with Crippen LogP contribution in [0.1, 0.15) is 11.3 Å². The zero-order chi connectivity index (χ0) is 21.6. The molecular weight excluding hydrogens is 438 g/mol. The Hall–Kier alpha value is -3.01. The van der Waals surface area contributed by atoms with Crippen LogP contribution < -0.4 is 0 Å². The number of fused-ring (bicyclic) bond motifs is 1. The van der Waals surface area contributed by atoms with Crippen molar-refractivity contribution in [1.29, 1.82) is 0 Å². The fourth-order valence-corrected chi connectivity index (χ4v) is 5.66. The van der Waals surface area contributed by atoms with Crippen LogP contribution in [-0.4, -0.2) is 39.2 Å². The van der Waals surface area contributed by atoms with E-state index >= 15 is 0 Å². The second-order valence-corrected chi connectivity index (χ2v) is 9.52. The fourth-order valence-electron chi connectivity index (χ4n) is 3.76. The van der Waals surface area contributed by atoms with Gasteiger partial charge in [-0.25, -0.2) is 8.42 Å². The van der Waals surface area contributed by atoms with Gasteiger partial charge in [-0.2, -0.15) is 14.4 Å². The summed E-state index contributed by atoms with van der Waals surface area (Å²) in [5.41, 5.74) is 3.02. The molecule has 31 heavy (non-hydrogen) atoms. The summed E-state index contributed by atoms with van der Waals surface area (Å²) < 4.78 is 35.1. The van der Waals surface area contributed by atoms with Gasteiger partial charge in [-0.1, -0.05) is 59.2 Å². The summed E-state index contributed by atoms with van der Waals surface area (Å²) in [5, 5.41) is 8.81. The highest BCUT2D eigenvalue weighted by Crippen LogP contribution is 2.33. The lowest BCUT2D eigenvalue weighted by molar-refractivity contribution is 0.385. The molecule has 1 aliphatic heterocycles. The SMILES string of the molecule is Cn1nc(-c2nc(-c3ccccc3)no2)c2c1CCN(S(=O)(=O)c1ccccc1Cl)C2. The van der Waals surface area contributed by atoms with Gasteiger partial charge >= 0.3 is 0 Å². The maximum atomic E-state index is 13.2. The van der Waals surface area contributed by atoms with Crippen molar-refractivity contribution < 1.29 is 12.9 Å². The molecule has 5 rings (SSSR count). The zero-order valence-corrected chi connectivity index (χ0v) is 18.1. The lowest BCUT2D eigenvalue weighted by Gasteiger charge is -2.27. The van der Waals surface area contributed by atoms with E-state index < -0.39 is 10.0 Å². The molecule has 0 atom stereocenters. The number of hydrogen-bond acceptors (Lipinski definition) is 6. The summed E-state index contributed by atoms with van der Waals surface area (Å²) in [7, 11) is -1.94. The number of sulfonamides is 1. The third-order valence-electron chi connectivity index (χ3n) is 5.32. The van der Waals surface area contributed by atoms with Crippen LogP contribution in [0.5, 0.6) is 0 Å². The minimum Gasteiger partial charge on any atom is -0.332 e. The van der Waals surface area contributed by atoms with E-state index in [9.17, 15) is 8.42 Å². The van der Waals surface area contributed by atoms with Crippen molar-refractivity contribution in [3.05, 3.63) is 70.9 Å². The van der Waals surface area contributed by atoms with Crippen LogP contribution in [0.15, 0.2) is 64.0 Å². The lowest BCUT2D eigenvalue weighted by Crippen LogP contribution is -2.36. The van der Waals surface area contributed by atoms with Gasteiger partial charge in [0.1, 0.15) is 4.90 Å². The molecule has 1 aliphatic rings. The standard InChI is InChI=1S/C21H18ClN5O3S/c1-26-17-11-12-27(31(28,29)18-10-6-5-9-16(18)22)13-15(17)19(24-26)21-23-20(25-30-21)14-7-3-2-4-8-14/h2-10H,11-13H2,1H3. The number of benzene rings is 2. The molecule has 0 radical (unpaired) electrons. The van der Waals surface area contributed by atoms with Crippen molar-refractivity contribution in [2.45, 2.75) is 17.9 Å². The number of nitrogens with zero attached hydrogens (tertiary/aromatic N) is 5. The van der Waals surface area contributed by atoms with E-state index in [0.717, 1.165) is 16.8 Å². The van der Waals surface area contributed by atoms with Crippen molar-refractivity contribution in [2.24, 2.45) is 7.05 Å². The van der Waals surface area contributed by atoms with Crippen LogP contribution in [0.25, 0.3) is 23.0 Å². The highest BCUT2D eigenvalue weighted by molar-refractivity contribution is 7.89. The third kappa shape index (κ3) is 3.44. The molecular formula is C21H18ClN5O3S. The maximum absolute atomic E-state index is 13.2. The van der Waals surface area contributed by atoms with Crippen molar-refractivity contribution in [3.8, 4) is 23.0 Å². The van der Waals surface area contributed by atoms with Gasteiger partial charge in [-0.15, -0.1) is 0 Å². The van der Waals surface area contributed by atoms with Gasteiger partial charge in [0.25, 0.3) is 5.89 Å². The Morgan fingerprint density at radius 1 is 1.06 bits per heavy atom. The number of rotatable bonds is 4. The van der Waals surface area contributed by atoms with Gasteiger partial charge < -0.3 is 4.52 Å². The predicted octanol–water partition coefficient (Wildman–Crippen LogP) is 3.54. The quantitative estimate of drug-likeness (QED) is 0.467. The van der Waals surface area contributed by atoms with E-state index in [2.05, 4.69) is 15.2 Å². The summed E-state index contributed by atoms with van der Waals surface area (Å²) >= 11 is 6.16. The summed E-state index contributed by atoms with van der Waals surface area (Å²) in [4.78, 5) is 4.58. The Labute approximate surface area is 184 Å². The first kappa shape index (κ1) is 19.9. The molecule has 0 saturated carbocycles. The number of hydrogen-bond donors (Lipinski definition) is 0. The fraction of sp³-hybridized carbons (Fsp3) is 0.190. The van der Waals surface area contributed by atoms with E-state index in [1.54, 1.807) is 22.9 Å². The first-order valence-electron chi connectivity index (χ1n) is 9.64. The predicted molar refractivity (Wildman–Crippen MR) is 115 cm³/mol. The van der Waals surface area contributed by atoms with Crippen LogP contribution in [0.3, 0.4) is 0 Å². The molecule has 4 aromatic rings. The van der Waals surface area contributed by atoms with Crippen LogP contribution in [-0.2, 0) is 30.0 Å². The summed E-state index contributed by atoms with van der Waals surface area (Å²) in [6.07, 6.45) is 0.516. The minimum atomic E-state index is -3.77. The van der Waals surface area contributed by atoms with Crippen LogP contribution in [0.4, 0.5) is 0 Å². The van der Waals surface area contributed by atoms with E-state index in [1.807, 2.05) is 37.4 Å². The first-order chi connectivity index (χ1) is 14.9. The molecule has 10 heteroatoms. The van der Waals surface area contributed by atoms with Gasteiger partial charge in [0, 0.05) is 43.4 Å². The Kier molecular flexibility index (Phi) is 4.88. The molecule has 3 heterocycles. The smallest absolute Gasteiger partial charge is 0.279 e. The Balaban J connectivity index is 1.52. The Morgan fingerprint density at radius 3 is 2.58 bits per heavy atom. The van der Waals surface area contributed by atoms with Gasteiger partial charge in [0.05, 0.1) is 5.02 Å². The number of aryl methyl sites for hydroxylation is 1. The molecule has 0 saturated heterocycles. The Bertz CT molecular complexity index is 1360. The van der Waals surface area contributed by atoms with E-state index in [1.165, 1.54) is 10.4 Å². The van der Waals surface area contributed by atoms with E-state index in [0.29, 0.717) is 24.5 Å². The van der Waals surface area contributed by atoms with Crippen molar-refractivity contribution in [1.82, 2.24) is 24.2 Å². The second-order valence-electron chi connectivity index (χ2n) is 7.21. The molecule has 0 N–H and O–H groups in total. The van der Waals surface area contributed by atoms with Crippen molar-refractivity contribution in [2.75, 3.05) is 6.54 Å². The van der Waals surface area contributed by atoms with Gasteiger partial charge in [-0.3, -0.25) is 4.68 Å². The van der Waals surface area contributed by atoms with Gasteiger partial charge in [0.15, 0.2) is 5.69 Å². The van der Waals surface area contributed by atoms with Crippen LogP contribution in [0, 0.1) is 0 Å². The molecule has 2 aromatic carbocycles. The molecule has 0 amide bonds. The number of aromatic nitrogens is 4. The maximum Gasteiger partial charge on any atom is 0.279 e. The molecule has 158 valence electrons. The topological polar surface area (TPSA) is 94.1 Å². The highest BCUT2D eigenvalue weighted by Gasteiger charge is 2.34. The number of halogens is 1. The zero-order valence-electron chi connectivity index (χ0n) is 16.6. The van der Waals surface area contributed by atoms with Gasteiger partial charge in [-0.05, 0) is 12.1 Å². The van der Waals surface area contributed by atoms with E-state index in [-0.39, 0.29) is 22.4 Å². The summed E-state index contributed by atoms with van der Waals surface area (Å²) in [5.74, 6) is 0.707. The highest BCUT2D eigenvalue weighted by atomic mass is 35.5. The first-order valence-corrected chi connectivity index (χ1v) is 11.5. The average Bonchev–Trinajstić information content (AvgIpc) is 3.39. The third-order valence-corrected chi connectivity index (χ3v) is 7.67. The summed E-state index contributed by atoms with van der Waals surface area (Å²) in [6.45, 7) is 0.480. The monoisotopic (exact) mass is 455 g/mol. The molecule has 8 nitrogen and oxygen atoms in total. The normalized spacial score (nSPS) is 14.5. The minimum absolute atomic E-state index is 0.0923. The van der Waals surface area contributed by atoms with E-state index in [4.69, 9.17) is 16.1 Å². The molecule has 0 bridgehead atoms. The molecule has 2 aromatic heterocycles. The second kappa shape index (κ2) is 7.60.